The second-order valence-electron chi connectivity index (χ2n) is 5.93. The number of anilines is 1. The van der Waals surface area contributed by atoms with Crippen molar-refractivity contribution in [3.8, 4) is 5.88 Å². The summed E-state index contributed by atoms with van der Waals surface area (Å²) in [6.07, 6.45) is -3.29. The minimum Gasteiger partial charge on any atom is -0.468 e. The highest BCUT2D eigenvalue weighted by Crippen LogP contribution is 2.21. The van der Waals surface area contributed by atoms with Crippen LogP contribution in [0.25, 0.3) is 0 Å². The molecule has 28 heavy (non-hydrogen) atoms. The van der Waals surface area contributed by atoms with Gasteiger partial charge < -0.3 is 20.1 Å². The summed E-state index contributed by atoms with van der Waals surface area (Å²) in [5.74, 6) is -0.623. The molecule has 1 unspecified atom stereocenters. The highest BCUT2D eigenvalue weighted by Gasteiger charge is 2.28. The minimum atomic E-state index is -4.44. The Bertz CT molecular complexity index is 764. The van der Waals surface area contributed by atoms with E-state index >= 15 is 0 Å². The van der Waals surface area contributed by atoms with Crippen LogP contribution in [0.1, 0.15) is 22.0 Å². The smallest absolute Gasteiger partial charge is 0.422 e. The molecule has 2 N–H and O–H groups in total. The Morgan fingerprint density at radius 1 is 1.25 bits per heavy atom. The van der Waals surface area contributed by atoms with Gasteiger partial charge in [0.2, 0.25) is 5.88 Å². The molecule has 3 rings (SSSR count). The molecule has 1 amide bonds. The van der Waals surface area contributed by atoms with Gasteiger partial charge in [-0.2, -0.15) is 13.2 Å². The van der Waals surface area contributed by atoms with E-state index in [4.69, 9.17) is 4.74 Å². The Kier molecular flexibility index (Phi) is 7.61. The molecule has 0 aliphatic carbocycles. The Morgan fingerprint density at radius 3 is 2.57 bits per heavy atom. The van der Waals surface area contributed by atoms with Gasteiger partial charge in [-0.3, -0.25) is 4.79 Å². The normalized spacial score (nSPS) is 16.8. The maximum absolute atomic E-state index is 12.2. The van der Waals surface area contributed by atoms with Crippen LogP contribution in [-0.2, 0) is 4.74 Å². The lowest BCUT2D eigenvalue weighted by Crippen LogP contribution is -2.33. The third-order valence-corrected chi connectivity index (χ3v) is 3.85. The van der Waals surface area contributed by atoms with Crippen LogP contribution >= 0.6 is 12.4 Å². The van der Waals surface area contributed by atoms with Crippen molar-refractivity contribution in [3.63, 3.8) is 0 Å². The number of morpholine rings is 1. The van der Waals surface area contributed by atoms with E-state index in [2.05, 4.69) is 20.4 Å². The SMILES string of the molecule is Cl.O=C(Nc1ccc(C2CNCCO2)cc1)c1ccc(OCC(F)(F)F)nc1. The van der Waals surface area contributed by atoms with Crippen LogP contribution in [-0.4, -0.2) is 43.4 Å². The van der Waals surface area contributed by atoms with Crippen LogP contribution in [0.3, 0.4) is 0 Å². The summed E-state index contributed by atoms with van der Waals surface area (Å²) in [5.41, 5.74) is 1.80. The minimum absolute atomic E-state index is 0. The van der Waals surface area contributed by atoms with E-state index in [9.17, 15) is 18.0 Å². The van der Waals surface area contributed by atoms with Gasteiger partial charge in [-0.05, 0) is 23.8 Å². The van der Waals surface area contributed by atoms with Gasteiger partial charge in [0, 0.05) is 31.0 Å². The Hall–Kier alpha value is -2.36. The molecule has 1 aliphatic heterocycles. The first-order valence-corrected chi connectivity index (χ1v) is 8.30. The van der Waals surface area contributed by atoms with Crippen LogP contribution < -0.4 is 15.4 Å². The molecule has 1 saturated heterocycles. The molecule has 1 fully saturated rings. The number of aromatic nitrogens is 1. The third-order valence-electron chi connectivity index (χ3n) is 3.85. The molecule has 0 saturated carbocycles. The largest absolute Gasteiger partial charge is 0.468 e. The molecular weight excluding hydrogens is 399 g/mol. The summed E-state index contributed by atoms with van der Waals surface area (Å²) >= 11 is 0. The van der Waals surface area contributed by atoms with Crippen molar-refractivity contribution in [1.82, 2.24) is 10.3 Å². The lowest BCUT2D eigenvalue weighted by molar-refractivity contribution is -0.154. The van der Waals surface area contributed by atoms with Crippen LogP contribution in [0, 0.1) is 0 Å². The van der Waals surface area contributed by atoms with Crippen LogP contribution in [0.5, 0.6) is 5.88 Å². The van der Waals surface area contributed by atoms with Gasteiger partial charge in [-0.1, -0.05) is 12.1 Å². The van der Waals surface area contributed by atoms with Crippen LogP contribution in [0.2, 0.25) is 0 Å². The number of carbonyl (C=O) groups excluding carboxylic acids is 1. The van der Waals surface area contributed by atoms with Gasteiger partial charge >= 0.3 is 6.18 Å². The quantitative estimate of drug-likeness (QED) is 0.780. The van der Waals surface area contributed by atoms with Crippen LogP contribution in [0.15, 0.2) is 42.6 Å². The standard InChI is InChI=1S/C18H18F3N3O3.ClH/c19-18(20,21)11-27-16-6-3-13(9-23-16)17(25)24-14-4-1-12(2-5-14)15-10-22-7-8-26-15;/h1-6,9,15,22H,7-8,10-11H2,(H,24,25);1H. The molecule has 1 aliphatic rings. The van der Waals surface area contributed by atoms with Crippen molar-refractivity contribution in [2.24, 2.45) is 0 Å². The lowest BCUT2D eigenvalue weighted by atomic mass is 10.1. The van der Waals surface area contributed by atoms with E-state index in [0.29, 0.717) is 12.3 Å². The number of ether oxygens (including phenoxy) is 2. The molecule has 2 aromatic rings. The van der Waals surface area contributed by atoms with Gasteiger partial charge in [0.15, 0.2) is 6.61 Å². The fraction of sp³-hybridized carbons (Fsp3) is 0.333. The second-order valence-corrected chi connectivity index (χ2v) is 5.93. The second kappa shape index (κ2) is 9.72. The summed E-state index contributed by atoms with van der Waals surface area (Å²) in [6, 6.07) is 9.85. The maximum atomic E-state index is 12.2. The monoisotopic (exact) mass is 417 g/mol. The first-order valence-electron chi connectivity index (χ1n) is 8.30. The van der Waals surface area contributed by atoms with Crippen molar-refractivity contribution in [2.45, 2.75) is 12.3 Å². The number of nitrogens with one attached hydrogen (secondary N) is 2. The average Bonchev–Trinajstić information content (AvgIpc) is 2.67. The number of alkyl halides is 3. The zero-order valence-electron chi connectivity index (χ0n) is 14.7. The van der Waals surface area contributed by atoms with Gasteiger partial charge in [0.25, 0.3) is 5.91 Å². The molecule has 0 spiro atoms. The van der Waals surface area contributed by atoms with E-state index in [1.807, 2.05) is 12.1 Å². The molecule has 10 heteroatoms. The summed E-state index contributed by atoms with van der Waals surface area (Å²) in [6.45, 7) is 0.787. The average molecular weight is 418 g/mol. The fourth-order valence-corrected chi connectivity index (χ4v) is 2.52. The molecule has 152 valence electrons. The predicted octanol–water partition coefficient (Wildman–Crippen LogP) is 3.36. The van der Waals surface area contributed by atoms with Crippen molar-refractivity contribution in [3.05, 3.63) is 53.7 Å². The van der Waals surface area contributed by atoms with Crippen LogP contribution in [0.4, 0.5) is 18.9 Å². The number of carbonyl (C=O) groups is 1. The lowest BCUT2D eigenvalue weighted by Gasteiger charge is -2.24. The molecule has 0 bridgehead atoms. The predicted molar refractivity (Wildman–Crippen MR) is 99.0 cm³/mol. The number of halogens is 4. The van der Waals surface area contributed by atoms with Gasteiger partial charge in [-0.25, -0.2) is 4.98 Å². The molecule has 0 radical (unpaired) electrons. The number of benzene rings is 1. The molecule has 6 nitrogen and oxygen atoms in total. The Labute approximate surface area is 165 Å². The first kappa shape index (κ1) is 21.9. The fourth-order valence-electron chi connectivity index (χ4n) is 2.52. The number of pyridine rings is 1. The van der Waals surface area contributed by atoms with E-state index in [1.165, 1.54) is 12.1 Å². The van der Waals surface area contributed by atoms with Gasteiger partial charge in [-0.15, -0.1) is 12.4 Å². The summed E-state index contributed by atoms with van der Waals surface area (Å²) in [5, 5.41) is 5.96. The number of rotatable bonds is 5. The van der Waals surface area contributed by atoms with Crippen molar-refractivity contribution < 1.29 is 27.4 Å². The van der Waals surface area contributed by atoms with E-state index < -0.39 is 18.7 Å². The van der Waals surface area contributed by atoms with Gasteiger partial charge in [0.05, 0.1) is 18.3 Å². The zero-order valence-corrected chi connectivity index (χ0v) is 15.5. The molecular formula is C18H19ClF3N3O3. The summed E-state index contributed by atoms with van der Waals surface area (Å²) in [7, 11) is 0. The first-order chi connectivity index (χ1) is 12.9. The highest BCUT2D eigenvalue weighted by atomic mass is 35.5. The number of hydrogen-bond donors (Lipinski definition) is 2. The molecule has 2 heterocycles. The van der Waals surface area contributed by atoms with E-state index in [-0.39, 0.29) is 30.0 Å². The Morgan fingerprint density at radius 2 is 2.00 bits per heavy atom. The van der Waals surface area contributed by atoms with Crippen molar-refractivity contribution in [1.29, 1.82) is 0 Å². The van der Waals surface area contributed by atoms with Crippen molar-refractivity contribution in [2.75, 3.05) is 31.6 Å². The maximum Gasteiger partial charge on any atom is 0.422 e. The third kappa shape index (κ3) is 6.36. The van der Waals surface area contributed by atoms with Crippen molar-refractivity contribution >= 4 is 24.0 Å². The van der Waals surface area contributed by atoms with E-state index in [0.717, 1.165) is 24.8 Å². The number of amides is 1. The number of hydrogen-bond acceptors (Lipinski definition) is 5. The molecule has 1 atom stereocenters. The van der Waals surface area contributed by atoms with E-state index in [1.54, 1.807) is 12.1 Å². The highest BCUT2D eigenvalue weighted by molar-refractivity contribution is 6.04. The Balaban J connectivity index is 0.00000280. The molecule has 1 aromatic carbocycles. The summed E-state index contributed by atoms with van der Waals surface area (Å²) in [4.78, 5) is 15.9. The number of nitrogens with zero attached hydrogens (tertiary/aromatic N) is 1. The summed E-state index contributed by atoms with van der Waals surface area (Å²) < 4.78 is 46.5. The zero-order chi connectivity index (χ0) is 19.3. The topological polar surface area (TPSA) is 72.5 Å². The molecule has 1 aromatic heterocycles. The van der Waals surface area contributed by atoms with Gasteiger partial charge in [0.1, 0.15) is 0 Å².